The Kier molecular flexibility index (Phi) is 6.52. The van der Waals surface area contributed by atoms with Gasteiger partial charge in [-0.15, -0.1) is 0 Å². The number of esters is 1. The van der Waals surface area contributed by atoms with Gasteiger partial charge in [-0.1, -0.05) is 66.2 Å². The zero-order valence-corrected chi connectivity index (χ0v) is 21.5. The first-order valence-corrected chi connectivity index (χ1v) is 12.3. The molecule has 4 atom stereocenters. The lowest BCUT2D eigenvalue weighted by Gasteiger charge is -2.32. The smallest absolute Gasteiger partial charge is 0.327 e. The van der Waals surface area contributed by atoms with E-state index in [4.69, 9.17) is 21.1 Å². The molecule has 7 nitrogen and oxygen atoms in total. The molecule has 2 amide bonds. The van der Waals surface area contributed by atoms with E-state index in [0.717, 1.165) is 27.2 Å². The van der Waals surface area contributed by atoms with Gasteiger partial charge < -0.3 is 9.47 Å². The highest BCUT2D eigenvalue weighted by atomic mass is 35.5. The predicted octanol–water partition coefficient (Wildman–Crippen LogP) is 4.05. The van der Waals surface area contributed by atoms with Crippen molar-refractivity contribution in [3.63, 3.8) is 0 Å². The van der Waals surface area contributed by atoms with Crippen molar-refractivity contribution in [2.24, 2.45) is 11.8 Å². The van der Waals surface area contributed by atoms with Crippen molar-refractivity contribution < 1.29 is 23.9 Å². The number of ether oxygens (including phenoxy) is 2. The summed E-state index contributed by atoms with van der Waals surface area (Å²) in [5.74, 6) is -2.41. The SMILES string of the molecule is COC(=O)[C@]1(Cc2ccccc2)N[C@H](c2ccc(-c3cccc(Cl)c3)c(OC)c2)[C@@H]2C(=O)N(C)C(=O)[C@@H]21. The Bertz CT molecular complexity index is 1380. The summed E-state index contributed by atoms with van der Waals surface area (Å²) in [6.07, 6.45) is 0.197. The molecule has 8 heteroatoms. The van der Waals surface area contributed by atoms with Gasteiger partial charge in [0, 0.05) is 30.1 Å². The van der Waals surface area contributed by atoms with Crippen LogP contribution in [0.25, 0.3) is 11.1 Å². The molecule has 0 aliphatic carbocycles. The zero-order valence-electron chi connectivity index (χ0n) is 20.7. The summed E-state index contributed by atoms with van der Waals surface area (Å²) >= 11 is 6.20. The third-order valence-corrected chi connectivity index (χ3v) is 7.71. The monoisotopic (exact) mass is 518 g/mol. The molecule has 0 radical (unpaired) electrons. The number of likely N-dealkylation sites (tertiary alicyclic amines) is 1. The average Bonchev–Trinajstić information content (AvgIpc) is 3.37. The molecule has 0 unspecified atom stereocenters. The fourth-order valence-electron chi connectivity index (χ4n) is 5.75. The number of nitrogens with one attached hydrogen (secondary N) is 1. The molecule has 3 aromatic carbocycles. The molecule has 2 fully saturated rings. The van der Waals surface area contributed by atoms with Crippen LogP contribution < -0.4 is 10.1 Å². The van der Waals surface area contributed by atoms with Crippen LogP contribution in [-0.2, 0) is 25.5 Å². The molecule has 190 valence electrons. The standard InChI is InChI=1S/C29H27ClN2O5/c1-32-26(33)23-24(27(32)34)29(28(35)37-3,16-17-8-5-4-6-9-17)31-25(23)19-12-13-21(22(15-19)36-2)18-10-7-11-20(30)14-18/h4-15,23-25,31H,16H2,1-3H3/t23-,24-,25-,29-/m1/s1. The lowest BCUT2D eigenvalue weighted by atomic mass is 9.76. The van der Waals surface area contributed by atoms with E-state index < -0.39 is 35.3 Å². The molecule has 2 aliphatic rings. The van der Waals surface area contributed by atoms with E-state index in [1.165, 1.54) is 14.2 Å². The Morgan fingerprint density at radius 3 is 2.43 bits per heavy atom. The third kappa shape index (κ3) is 4.08. The van der Waals surface area contributed by atoms with Crippen molar-refractivity contribution in [3.8, 4) is 16.9 Å². The van der Waals surface area contributed by atoms with Crippen LogP contribution in [0.3, 0.4) is 0 Å². The van der Waals surface area contributed by atoms with Crippen LogP contribution in [0.15, 0.2) is 72.8 Å². The first kappa shape index (κ1) is 25.0. The van der Waals surface area contributed by atoms with Crippen LogP contribution in [0.4, 0.5) is 0 Å². The second-order valence-corrected chi connectivity index (χ2v) is 9.89. The zero-order chi connectivity index (χ0) is 26.3. The summed E-state index contributed by atoms with van der Waals surface area (Å²) in [5, 5.41) is 4.01. The fraction of sp³-hybridized carbons (Fsp3) is 0.276. The Hall–Kier alpha value is -3.68. The number of benzene rings is 3. The molecule has 2 saturated heterocycles. The normalized spacial score (nSPS) is 24.8. The van der Waals surface area contributed by atoms with E-state index >= 15 is 0 Å². The third-order valence-electron chi connectivity index (χ3n) is 7.47. The van der Waals surface area contributed by atoms with Gasteiger partial charge in [-0.05, 0) is 34.9 Å². The first-order valence-electron chi connectivity index (χ1n) is 12.0. The molecule has 1 N–H and O–H groups in total. The van der Waals surface area contributed by atoms with Gasteiger partial charge in [0.2, 0.25) is 11.8 Å². The number of amides is 2. The van der Waals surface area contributed by atoms with Crippen molar-refractivity contribution in [3.05, 3.63) is 88.9 Å². The Morgan fingerprint density at radius 2 is 1.76 bits per heavy atom. The van der Waals surface area contributed by atoms with Crippen LogP contribution in [0.2, 0.25) is 5.02 Å². The average molecular weight is 519 g/mol. The number of carbonyl (C=O) groups excluding carboxylic acids is 3. The molecule has 5 rings (SSSR count). The van der Waals surface area contributed by atoms with Gasteiger partial charge in [0.1, 0.15) is 11.3 Å². The minimum absolute atomic E-state index is 0.197. The van der Waals surface area contributed by atoms with Crippen molar-refractivity contribution in [1.82, 2.24) is 10.2 Å². The van der Waals surface area contributed by atoms with E-state index in [1.54, 1.807) is 13.2 Å². The van der Waals surface area contributed by atoms with Gasteiger partial charge >= 0.3 is 5.97 Å². The van der Waals surface area contributed by atoms with Crippen molar-refractivity contribution >= 4 is 29.4 Å². The highest BCUT2D eigenvalue weighted by molar-refractivity contribution is 6.30. The number of halogens is 1. The number of methoxy groups -OCH3 is 2. The highest BCUT2D eigenvalue weighted by Crippen LogP contribution is 2.50. The van der Waals surface area contributed by atoms with E-state index in [2.05, 4.69) is 5.32 Å². The van der Waals surface area contributed by atoms with E-state index in [9.17, 15) is 14.4 Å². The number of nitrogens with zero attached hydrogens (tertiary/aromatic N) is 1. The quantitative estimate of drug-likeness (QED) is 0.391. The van der Waals surface area contributed by atoms with Gasteiger partial charge in [-0.25, -0.2) is 0 Å². The molecular formula is C29H27ClN2O5. The Morgan fingerprint density at radius 1 is 1.00 bits per heavy atom. The van der Waals surface area contributed by atoms with Crippen LogP contribution in [0.1, 0.15) is 17.2 Å². The number of carbonyl (C=O) groups is 3. The molecule has 0 spiro atoms. The molecule has 2 heterocycles. The van der Waals surface area contributed by atoms with Crippen LogP contribution in [0, 0.1) is 11.8 Å². The second-order valence-electron chi connectivity index (χ2n) is 9.46. The lowest BCUT2D eigenvalue weighted by molar-refractivity contribution is -0.153. The van der Waals surface area contributed by atoms with E-state index in [1.807, 2.05) is 66.7 Å². The van der Waals surface area contributed by atoms with Gasteiger partial charge in [0.05, 0.1) is 26.1 Å². The summed E-state index contributed by atoms with van der Waals surface area (Å²) in [6, 6.07) is 21.9. The largest absolute Gasteiger partial charge is 0.496 e. The number of hydrogen-bond donors (Lipinski definition) is 1. The maximum atomic E-state index is 13.4. The molecule has 37 heavy (non-hydrogen) atoms. The van der Waals surface area contributed by atoms with E-state index in [-0.39, 0.29) is 12.3 Å². The summed E-state index contributed by atoms with van der Waals surface area (Å²) in [7, 11) is 4.34. The number of rotatable bonds is 6. The van der Waals surface area contributed by atoms with Gasteiger partial charge in [-0.2, -0.15) is 0 Å². The molecule has 0 bridgehead atoms. The molecule has 2 aliphatic heterocycles. The maximum absolute atomic E-state index is 13.4. The highest BCUT2D eigenvalue weighted by Gasteiger charge is 2.68. The fourth-order valence-corrected chi connectivity index (χ4v) is 5.94. The molecule has 0 aromatic heterocycles. The first-order chi connectivity index (χ1) is 17.8. The second kappa shape index (κ2) is 9.65. The number of fused-ring (bicyclic) bond motifs is 1. The minimum Gasteiger partial charge on any atom is -0.496 e. The van der Waals surface area contributed by atoms with Crippen molar-refractivity contribution in [2.45, 2.75) is 18.0 Å². The Balaban J connectivity index is 1.62. The summed E-state index contributed by atoms with van der Waals surface area (Å²) in [6.45, 7) is 0. The van der Waals surface area contributed by atoms with Crippen molar-refractivity contribution in [2.75, 3.05) is 21.3 Å². The van der Waals surface area contributed by atoms with Gasteiger partial charge in [0.25, 0.3) is 0 Å². The summed E-state index contributed by atoms with van der Waals surface area (Å²) in [5.41, 5.74) is 1.88. The number of hydrogen-bond acceptors (Lipinski definition) is 6. The minimum atomic E-state index is -1.41. The Labute approximate surface area is 220 Å². The van der Waals surface area contributed by atoms with Crippen molar-refractivity contribution in [1.29, 1.82) is 0 Å². The number of imide groups is 1. The predicted molar refractivity (Wildman–Crippen MR) is 139 cm³/mol. The van der Waals surface area contributed by atoms with Crippen LogP contribution >= 0.6 is 11.6 Å². The topological polar surface area (TPSA) is 84.9 Å². The van der Waals surface area contributed by atoms with E-state index in [0.29, 0.717) is 10.8 Å². The lowest BCUT2D eigenvalue weighted by Crippen LogP contribution is -2.57. The van der Waals surface area contributed by atoms with Crippen LogP contribution in [0.5, 0.6) is 5.75 Å². The van der Waals surface area contributed by atoms with Crippen LogP contribution in [-0.4, -0.2) is 49.5 Å². The summed E-state index contributed by atoms with van der Waals surface area (Å²) in [4.78, 5) is 41.3. The maximum Gasteiger partial charge on any atom is 0.327 e. The van der Waals surface area contributed by atoms with Gasteiger partial charge in [0.15, 0.2) is 0 Å². The van der Waals surface area contributed by atoms with Gasteiger partial charge in [-0.3, -0.25) is 24.6 Å². The molecule has 3 aromatic rings. The summed E-state index contributed by atoms with van der Waals surface area (Å²) < 4.78 is 10.9. The molecular weight excluding hydrogens is 492 g/mol. The molecule has 0 saturated carbocycles.